The predicted octanol–water partition coefficient (Wildman–Crippen LogP) is 2.12. The maximum Gasteiger partial charge on any atom is 0.274 e. The molecule has 1 aliphatic heterocycles. The molecule has 2 aromatic rings. The van der Waals surface area contributed by atoms with Crippen LogP contribution in [0.3, 0.4) is 0 Å². The number of nitrogens with one attached hydrogen (secondary N) is 1. The first kappa shape index (κ1) is 17.5. The summed E-state index contributed by atoms with van der Waals surface area (Å²) in [5.74, 6) is 0.108. The van der Waals surface area contributed by atoms with Crippen molar-refractivity contribution >= 4 is 17.5 Å². The second kappa shape index (κ2) is 6.66. The highest BCUT2D eigenvalue weighted by molar-refractivity contribution is 6.00. The SMILES string of the molecule is COc1cc(N2CCC3(CCc4cc(C(=O)NO)ccc4C3)C2=O)ccn1. The average molecular weight is 367 g/mol. The van der Waals surface area contributed by atoms with E-state index in [0.717, 1.165) is 36.1 Å². The Balaban J connectivity index is 1.59. The zero-order valence-corrected chi connectivity index (χ0v) is 15.1. The standard InChI is InChI=1S/C20H21N3O4/c1-27-17-11-16(5-8-21-17)23-9-7-20(19(23)25)6-4-13-10-14(18(24)22-26)2-3-15(13)12-20/h2-3,5,8,10-11,26H,4,6-7,9,12H2,1H3,(H,22,24). The number of nitrogens with zero attached hydrogens (tertiary/aromatic N) is 2. The number of aryl methyl sites for hydroxylation is 1. The molecule has 7 heteroatoms. The summed E-state index contributed by atoms with van der Waals surface area (Å²) in [5, 5.41) is 8.81. The molecule has 2 heterocycles. The van der Waals surface area contributed by atoms with Gasteiger partial charge in [-0.1, -0.05) is 6.07 Å². The number of aromatic nitrogens is 1. The van der Waals surface area contributed by atoms with E-state index >= 15 is 0 Å². The van der Waals surface area contributed by atoms with Crippen LogP contribution in [0.2, 0.25) is 0 Å². The fourth-order valence-corrected chi connectivity index (χ4v) is 4.21. The van der Waals surface area contributed by atoms with Crippen LogP contribution >= 0.6 is 0 Å². The second-order valence-corrected chi connectivity index (χ2v) is 7.14. The predicted molar refractivity (Wildman–Crippen MR) is 97.9 cm³/mol. The fraction of sp³-hybridized carbons (Fsp3) is 0.350. The molecule has 2 N–H and O–H groups in total. The van der Waals surface area contributed by atoms with Crippen LogP contribution in [0.25, 0.3) is 0 Å². The highest BCUT2D eigenvalue weighted by Gasteiger charge is 2.48. The number of benzene rings is 1. The fourth-order valence-electron chi connectivity index (χ4n) is 4.21. The molecule has 7 nitrogen and oxygen atoms in total. The van der Waals surface area contributed by atoms with Gasteiger partial charge in [0, 0.05) is 24.4 Å². The van der Waals surface area contributed by atoms with E-state index in [1.165, 1.54) is 0 Å². The van der Waals surface area contributed by atoms with Gasteiger partial charge in [-0.2, -0.15) is 0 Å². The minimum Gasteiger partial charge on any atom is -0.481 e. The molecule has 0 saturated carbocycles. The van der Waals surface area contributed by atoms with E-state index in [1.54, 1.807) is 37.0 Å². The van der Waals surface area contributed by atoms with Crippen molar-refractivity contribution in [1.29, 1.82) is 0 Å². The Hall–Kier alpha value is -2.93. The molecule has 4 rings (SSSR count). The van der Waals surface area contributed by atoms with Crippen LogP contribution in [0.1, 0.15) is 34.3 Å². The minimum absolute atomic E-state index is 0.138. The summed E-state index contributed by atoms with van der Waals surface area (Å²) in [6.07, 6.45) is 4.61. The number of ether oxygens (including phenoxy) is 1. The van der Waals surface area contributed by atoms with E-state index < -0.39 is 11.3 Å². The van der Waals surface area contributed by atoms with Crippen LogP contribution in [0.4, 0.5) is 5.69 Å². The van der Waals surface area contributed by atoms with Crippen molar-refractivity contribution in [2.24, 2.45) is 5.41 Å². The molecule has 0 radical (unpaired) electrons. The van der Waals surface area contributed by atoms with Crippen molar-refractivity contribution < 1.29 is 19.5 Å². The summed E-state index contributed by atoms with van der Waals surface area (Å²) in [5.41, 5.74) is 4.66. The summed E-state index contributed by atoms with van der Waals surface area (Å²) in [7, 11) is 1.56. The number of hydroxylamine groups is 1. The van der Waals surface area contributed by atoms with Crippen LogP contribution in [0.5, 0.6) is 5.88 Å². The minimum atomic E-state index is -0.521. The van der Waals surface area contributed by atoms with Crippen molar-refractivity contribution in [2.45, 2.75) is 25.7 Å². The largest absolute Gasteiger partial charge is 0.481 e. The molecule has 1 aliphatic carbocycles. The monoisotopic (exact) mass is 367 g/mol. The summed E-state index contributed by atoms with van der Waals surface area (Å²) < 4.78 is 5.17. The van der Waals surface area contributed by atoms with Gasteiger partial charge in [0.1, 0.15) is 0 Å². The van der Waals surface area contributed by atoms with Crippen molar-refractivity contribution in [3.63, 3.8) is 0 Å². The lowest BCUT2D eigenvalue weighted by Crippen LogP contribution is -2.38. The molecule has 2 amide bonds. The number of hydrogen-bond donors (Lipinski definition) is 2. The lowest BCUT2D eigenvalue weighted by Gasteiger charge is -2.33. The van der Waals surface area contributed by atoms with Crippen LogP contribution in [-0.4, -0.2) is 35.7 Å². The molecule has 140 valence electrons. The molecule has 1 unspecified atom stereocenters. The van der Waals surface area contributed by atoms with E-state index in [0.29, 0.717) is 24.4 Å². The van der Waals surface area contributed by atoms with E-state index in [-0.39, 0.29) is 5.91 Å². The summed E-state index contributed by atoms with van der Waals surface area (Å²) in [4.78, 5) is 30.8. The highest BCUT2D eigenvalue weighted by Crippen LogP contribution is 2.45. The van der Waals surface area contributed by atoms with E-state index in [4.69, 9.17) is 9.94 Å². The first-order chi connectivity index (χ1) is 13.1. The molecule has 1 aromatic heterocycles. The number of methoxy groups -OCH3 is 1. The van der Waals surface area contributed by atoms with Gasteiger partial charge in [-0.15, -0.1) is 0 Å². The normalized spacial score (nSPS) is 21.3. The van der Waals surface area contributed by atoms with Crippen LogP contribution in [0.15, 0.2) is 36.5 Å². The van der Waals surface area contributed by atoms with Gasteiger partial charge in [-0.25, -0.2) is 10.5 Å². The number of carbonyl (C=O) groups excluding carboxylic acids is 2. The molecular weight excluding hydrogens is 346 g/mol. The molecule has 1 aromatic carbocycles. The zero-order valence-electron chi connectivity index (χ0n) is 15.1. The first-order valence-corrected chi connectivity index (χ1v) is 8.94. The highest BCUT2D eigenvalue weighted by atomic mass is 16.5. The summed E-state index contributed by atoms with van der Waals surface area (Å²) in [6.45, 7) is 0.673. The Bertz CT molecular complexity index is 914. The van der Waals surface area contributed by atoms with E-state index in [2.05, 4.69) is 4.98 Å². The van der Waals surface area contributed by atoms with E-state index in [1.807, 2.05) is 17.0 Å². The Morgan fingerprint density at radius 3 is 2.89 bits per heavy atom. The summed E-state index contributed by atoms with van der Waals surface area (Å²) >= 11 is 0. The molecular formula is C20H21N3O4. The number of rotatable bonds is 3. The number of amides is 2. The van der Waals surface area contributed by atoms with Gasteiger partial charge < -0.3 is 9.64 Å². The van der Waals surface area contributed by atoms with Crippen molar-refractivity contribution in [1.82, 2.24) is 10.5 Å². The molecule has 1 fully saturated rings. The van der Waals surface area contributed by atoms with Gasteiger partial charge >= 0.3 is 0 Å². The molecule has 0 bridgehead atoms. The Morgan fingerprint density at radius 2 is 2.11 bits per heavy atom. The lowest BCUT2D eigenvalue weighted by atomic mass is 9.70. The van der Waals surface area contributed by atoms with Crippen LogP contribution in [0, 0.1) is 5.41 Å². The smallest absolute Gasteiger partial charge is 0.274 e. The topological polar surface area (TPSA) is 91.8 Å². The summed E-state index contributed by atoms with van der Waals surface area (Å²) in [6, 6.07) is 9.00. The Labute approximate surface area is 156 Å². The zero-order chi connectivity index (χ0) is 19.0. The van der Waals surface area contributed by atoms with Gasteiger partial charge in [0.05, 0.1) is 18.2 Å². The quantitative estimate of drug-likeness (QED) is 0.640. The van der Waals surface area contributed by atoms with Crippen molar-refractivity contribution in [3.05, 3.63) is 53.2 Å². The first-order valence-electron chi connectivity index (χ1n) is 8.94. The molecule has 1 atom stereocenters. The molecule has 1 spiro atoms. The third kappa shape index (κ3) is 2.94. The van der Waals surface area contributed by atoms with E-state index in [9.17, 15) is 9.59 Å². The number of carbonyl (C=O) groups is 2. The van der Waals surface area contributed by atoms with Crippen molar-refractivity contribution in [3.8, 4) is 5.88 Å². The third-order valence-electron chi connectivity index (χ3n) is 5.72. The number of anilines is 1. The van der Waals surface area contributed by atoms with Gasteiger partial charge in [0.15, 0.2) is 0 Å². The molecule has 27 heavy (non-hydrogen) atoms. The van der Waals surface area contributed by atoms with Crippen molar-refractivity contribution in [2.75, 3.05) is 18.6 Å². The maximum atomic E-state index is 13.3. The lowest BCUT2D eigenvalue weighted by molar-refractivity contribution is -0.126. The van der Waals surface area contributed by atoms with Gasteiger partial charge in [-0.3, -0.25) is 14.8 Å². The Morgan fingerprint density at radius 1 is 1.26 bits per heavy atom. The second-order valence-electron chi connectivity index (χ2n) is 7.14. The van der Waals surface area contributed by atoms with Gasteiger partial charge in [0.2, 0.25) is 11.8 Å². The third-order valence-corrected chi connectivity index (χ3v) is 5.72. The van der Waals surface area contributed by atoms with Gasteiger partial charge in [-0.05, 0) is 55.0 Å². The van der Waals surface area contributed by atoms with Gasteiger partial charge in [0.25, 0.3) is 5.91 Å². The number of fused-ring (bicyclic) bond motifs is 1. The average Bonchev–Trinajstić information content (AvgIpc) is 3.02. The van der Waals surface area contributed by atoms with Crippen LogP contribution in [-0.2, 0) is 17.6 Å². The Kier molecular flexibility index (Phi) is 4.31. The molecule has 1 saturated heterocycles. The molecule has 2 aliphatic rings. The maximum absolute atomic E-state index is 13.3. The van der Waals surface area contributed by atoms with Crippen LogP contribution < -0.4 is 15.1 Å². The number of hydrogen-bond acceptors (Lipinski definition) is 5. The number of pyridine rings is 1.